The lowest BCUT2D eigenvalue weighted by molar-refractivity contribution is -0.142. The van der Waals surface area contributed by atoms with Gasteiger partial charge in [0, 0.05) is 0 Å². The van der Waals surface area contributed by atoms with Crippen molar-refractivity contribution in [2.24, 2.45) is 5.73 Å². The van der Waals surface area contributed by atoms with Crippen LogP contribution in [0, 0.1) is 0 Å². The first-order valence-electron chi connectivity index (χ1n) is 6.46. The maximum absolute atomic E-state index is 11.9. The molecule has 3 nitrogen and oxygen atoms in total. The van der Waals surface area contributed by atoms with E-state index in [-0.39, 0.29) is 12.4 Å². The van der Waals surface area contributed by atoms with Crippen molar-refractivity contribution in [1.82, 2.24) is 0 Å². The zero-order chi connectivity index (χ0) is 14.1. The first-order chi connectivity index (χ1) is 9.72. The van der Waals surface area contributed by atoms with E-state index in [4.69, 9.17) is 10.5 Å². The van der Waals surface area contributed by atoms with Gasteiger partial charge in [-0.25, -0.2) is 0 Å². The Morgan fingerprint density at radius 3 is 1.95 bits per heavy atom. The maximum Gasteiger partial charge on any atom is 0.327 e. The van der Waals surface area contributed by atoms with E-state index in [0.717, 1.165) is 27.1 Å². The predicted molar refractivity (Wildman–Crippen MR) is 87.6 cm³/mol. The molecule has 0 spiro atoms. The molecular weight excluding hydrogens is 286 g/mol. The minimum atomic E-state index is -0.781. The summed E-state index contributed by atoms with van der Waals surface area (Å²) in [5.41, 5.74) is 6.93. The molecule has 0 saturated heterocycles. The highest BCUT2D eigenvalue weighted by Crippen LogP contribution is 2.32. The minimum Gasteiger partial charge on any atom is -0.468 e. The zero-order valence-electron chi connectivity index (χ0n) is 11.6. The van der Waals surface area contributed by atoms with E-state index < -0.39 is 12.0 Å². The highest BCUT2D eigenvalue weighted by atomic mass is 35.5. The van der Waals surface area contributed by atoms with Crippen LogP contribution in [-0.2, 0) is 9.53 Å². The lowest BCUT2D eigenvalue weighted by atomic mass is 9.92. The van der Waals surface area contributed by atoms with Crippen molar-refractivity contribution in [3.05, 3.63) is 60.2 Å². The third kappa shape index (κ3) is 2.58. The number of ether oxygens (including phenoxy) is 1. The van der Waals surface area contributed by atoms with Gasteiger partial charge in [-0.2, -0.15) is 0 Å². The van der Waals surface area contributed by atoms with Crippen molar-refractivity contribution < 1.29 is 9.53 Å². The second-order valence-corrected chi connectivity index (χ2v) is 4.73. The molecule has 0 aliphatic carbocycles. The predicted octanol–water partition coefficient (Wildman–Crippen LogP) is 3.59. The summed E-state index contributed by atoms with van der Waals surface area (Å²) >= 11 is 0. The summed E-state index contributed by atoms with van der Waals surface area (Å²) < 4.78 is 4.80. The quantitative estimate of drug-likeness (QED) is 0.581. The van der Waals surface area contributed by atoms with Gasteiger partial charge in [-0.05, 0) is 33.2 Å². The first-order valence-corrected chi connectivity index (χ1v) is 6.46. The molecule has 108 valence electrons. The fraction of sp³-hybridized carbons (Fsp3) is 0.118. The Bertz CT molecular complexity index is 747. The van der Waals surface area contributed by atoms with Crippen LogP contribution in [-0.4, -0.2) is 13.1 Å². The molecule has 0 heterocycles. The maximum atomic E-state index is 11.9. The van der Waals surface area contributed by atoms with Crippen molar-refractivity contribution in [2.45, 2.75) is 6.04 Å². The van der Waals surface area contributed by atoms with Crippen LogP contribution in [0.5, 0.6) is 0 Å². The summed E-state index contributed by atoms with van der Waals surface area (Å²) in [4.78, 5) is 11.9. The van der Waals surface area contributed by atoms with Crippen molar-refractivity contribution in [3.63, 3.8) is 0 Å². The first kappa shape index (κ1) is 15.3. The number of nitrogens with two attached hydrogens (primary N) is 1. The van der Waals surface area contributed by atoms with Gasteiger partial charge in [-0.1, -0.05) is 48.5 Å². The number of halogens is 1. The van der Waals surface area contributed by atoms with Gasteiger partial charge >= 0.3 is 5.97 Å². The molecule has 3 aromatic carbocycles. The monoisotopic (exact) mass is 301 g/mol. The second-order valence-electron chi connectivity index (χ2n) is 4.73. The Morgan fingerprint density at radius 1 is 1.00 bits per heavy atom. The molecule has 0 unspecified atom stereocenters. The third-order valence-corrected chi connectivity index (χ3v) is 3.58. The number of methoxy groups -OCH3 is 1. The Morgan fingerprint density at radius 2 is 1.48 bits per heavy atom. The highest BCUT2D eigenvalue weighted by molar-refractivity contribution is 6.05. The summed E-state index contributed by atoms with van der Waals surface area (Å²) in [6.07, 6.45) is 0. The number of carbonyl (C=O) groups is 1. The molecule has 0 aliphatic heterocycles. The van der Waals surface area contributed by atoms with Crippen LogP contribution in [0.2, 0.25) is 0 Å². The van der Waals surface area contributed by atoms with Crippen LogP contribution >= 0.6 is 12.4 Å². The Labute approximate surface area is 129 Å². The number of benzene rings is 3. The summed E-state index contributed by atoms with van der Waals surface area (Å²) in [5.74, 6) is -0.425. The van der Waals surface area contributed by atoms with Crippen molar-refractivity contribution in [1.29, 1.82) is 0 Å². The van der Waals surface area contributed by atoms with E-state index >= 15 is 0 Å². The van der Waals surface area contributed by atoms with E-state index in [1.807, 2.05) is 48.5 Å². The van der Waals surface area contributed by atoms with Crippen molar-refractivity contribution in [3.8, 4) is 0 Å². The van der Waals surface area contributed by atoms with Crippen LogP contribution in [0.1, 0.15) is 11.6 Å². The molecule has 0 aromatic heterocycles. The molecule has 21 heavy (non-hydrogen) atoms. The average Bonchev–Trinajstić information content (AvgIpc) is 2.51. The molecule has 3 aromatic rings. The van der Waals surface area contributed by atoms with E-state index in [9.17, 15) is 4.79 Å². The van der Waals surface area contributed by atoms with Crippen molar-refractivity contribution in [2.75, 3.05) is 7.11 Å². The molecule has 2 N–H and O–H groups in total. The summed E-state index contributed by atoms with van der Waals surface area (Å²) in [7, 11) is 1.36. The summed E-state index contributed by atoms with van der Waals surface area (Å²) in [5, 5.41) is 4.12. The smallest absolute Gasteiger partial charge is 0.327 e. The standard InChI is InChI=1S/C17H15NO2.ClH/c1-20-17(19)16(18)15-13-8-4-2-6-11(13)10-12-7-3-5-9-14(12)15;/h2-10,16H,18H2,1H3;1H/t16-;/m0./s1. The van der Waals surface area contributed by atoms with Gasteiger partial charge in [0.1, 0.15) is 6.04 Å². The molecular formula is C17H16ClNO2. The molecule has 3 rings (SSSR count). The minimum absolute atomic E-state index is 0. The SMILES string of the molecule is COC(=O)[C@@H](N)c1c2ccccc2cc2ccccc12.Cl. The molecule has 0 amide bonds. The van der Waals surface area contributed by atoms with Crippen LogP contribution < -0.4 is 5.73 Å². The average molecular weight is 302 g/mol. The molecule has 0 bridgehead atoms. The van der Waals surface area contributed by atoms with Gasteiger partial charge in [0.25, 0.3) is 0 Å². The Kier molecular flexibility index (Phi) is 4.46. The number of hydrogen-bond donors (Lipinski definition) is 1. The van der Waals surface area contributed by atoms with Crippen LogP contribution in [0.3, 0.4) is 0 Å². The van der Waals surface area contributed by atoms with Gasteiger partial charge in [-0.3, -0.25) is 4.79 Å². The fourth-order valence-electron chi connectivity index (χ4n) is 2.63. The van der Waals surface area contributed by atoms with Gasteiger partial charge < -0.3 is 10.5 Å². The van der Waals surface area contributed by atoms with E-state index in [1.54, 1.807) is 0 Å². The number of carbonyl (C=O) groups excluding carboxylic acids is 1. The fourth-order valence-corrected chi connectivity index (χ4v) is 2.63. The number of rotatable bonds is 2. The van der Waals surface area contributed by atoms with Gasteiger partial charge in [0.15, 0.2) is 0 Å². The summed E-state index contributed by atoms with van der Waals surface area (Å²) in [6, 6.07) is 17.2. The van der Waals surface area contributed by atoms with Crippen LogP contribution in [0.4, 0.5) is 0 Å². The normalized spacial score (nSPS) is 11.9. The zero-order valence-corrected chi connectivity index (χ0v) is 12.4. The Balaban J connectivity index is 0.00000161. The Hall–Kier alpha value is -2.10. The molecule has 0 fully saturated rings. The second kappa shape index (κ2) is 6.12. The number of hydrogen-bond acceptors (Lipinski definition) is 3. The topological polar surface area (TPSA) is 52.3 Å². The van der Waals surface area contributed by atoms with E-state index in [0.29, 0.717) is 0 Å². The lowest BCUT2D eigenvalue weighted by Gasteiger charge is -2.16. The van der Waals surface area contributed by atoms with E-state index in [1.165, 1.54) is 7.11 Å². The molecule has 4 heteroatoms. The lowest BCUT2D eigenvalue weighted by Crippen LogP contribution is -2.23. The van der Waals surface area contributed by atoms with Gasteiger partial charge in [-0.15, -0.1) is 12.4 Å². The van der Waals surface area contributed by atoms with Crippen molar-refractivity contribution >= 4 is 39.9 Å². The number of fused-ring (bicyclic) bond motifs is 2. The van der Waals surface area contributed by atoms with Crippen LogP contribution in [0.25, 0.3) is 21.5 Å². The van der Waals surface area contributed by atoms with E-state index in [2.05, 4.69) is 6.07 Å². The molecule has 1 atom stereocenters. The van der Waals surface area contributed by atoms with Gasteiger partial charge in [0.2, 0.25) is 0 Å². The summed E-state index contributed by atoms with van der Waals surface area (Å²) in [6.45, 7) is 0. The highest BCUT2D eigenvalue weighted by Gasteiger charge is 2.21. The number of esters is 1. The molecule has 0 aliphatic rings. The molecule has 0 radical (unpaired) electrons. The third-order valence-electron chi connectivity index (χ3n) is 3.58. The van der Waals surface area contributed by atoms with Gasteiger partial charge in [0.05, 0.1) is 7.11 Å². The van der Waals surface area contributed by atoms with Crippen LogP contribution in [0.15, 0.2) is 54.6 Å². The largest absolute Gasteiger partial charge is 0.468 e. The molecule has 0 saturated carbocycles.